The van der Waals surface area contributed by atoms with Crippen LogP contribution < -0.4 is 5.73 Å². The van der Waals surface area contributed by atoms with Crippen molar-refractivity contribution >= 4 is 0 Å². The van der Waals surface area contributed by atoms with E-state index < -0.39 is 5.60 Å². The van der Waals surface area contributed by atoms with Crippen LogP contribution in [0, 0.1) is 0 Å². The summed E-state index contributed by atoms with van der Waals surface area (Å²) in [7, 11) is 1.78. The van der Waals surface area contributed by atoms with E-state index in [1.807, 2.05) is 6.92 Å². The highest BCUT2D eigenvalue weighted by Gasteiger charge is 2.27. The lowest BCUT2D eigenvalue weighted by molar-refractivity contribution is -0.000935. The lowest BCUT2D eigenvalue weighted by Gasteiger charge is -2.38. The molecular formula is C12H26N2O2. The van der Waals surface area contributed by atoms with Crippen LogP contribution in [0.15, 0.2) is 0 Å². The summed E-state index contributed by atoms with van der Waals surface area (Å²) in [6.07, 6.45) is 3.33. The van der Waals surface area contributed by atoms with Crippen molar-refractivity contribution in [1.82, 2.24) is 4.90 Å². The Morgan fingerprint density at radius 2 is 2.06 bits per heavy atom. The number of nitrogens with zero attached hydrogens (tertiary/aromatic N) is 1. The lowest BCUT2D eigenvalue weighted by Crippen LogP contribution is -2.47. The van der Waals surface area contributed by atoms with E-state index in [0.29, 0.717) is 18.7 Å². The third kappa shape index (κ3) is 4.01. The molecule has 16 heavy (non-hydrogen) atoms. The number of ether oxygens (including phenoxy) is 1. The minimum Gasteiger partial charge on any atom is -0.389 e. The second-order valence-corrected chi connectivity index (χ2v) is 5.23. The molecule has 1 aliphatic heterocycles. The Kier molecular flexibility index (Phi) is 5.18. The smallest absolute Gasteiger partial charge is 0.0756 e. The first-order valence-corrected chi connectivity index (χ1v) is 6.18. The molecule has 96 valence electrons. The van der Waals surface area contributed by atoms with Crippen LogP contribution in [0.25, 0.3) is 0 Å². The molecule has 3 N–H and O–H groups in total. The monoisotopic (exact) mass is 230 g/mol. The maximum Gasteiger partial charge on any atom is 0.0756 e. The summed E-state index contributed by atoms with van der Waals surface area (Å²) in [6, 6.07) is 0.386. The lowest BCUT2D eigenvalue weighted by atomic mass is 9.95. The van der Waals surface area contributed by atoms with Gasteiger partial charge in [0.15, 0.2) is 0 Å². The standard InChI is InChI=1S/C12H26N2O2/c1-10(8-12(2,15)9-13)14-6-4-11(16-3)5-7-14/h10-11,15H,4-9,13H2,1-3H3. The van der Waals surface area contributed by atoms with Gasteiger partial charge in [0.25, 0.3) is 0 Å². The molecule has 0 aromatic carbocycles. The number of piperidine rings is 1. The summed E-state index contributed by atoms with van der Waals surface area (Å²) < 4.78 is 5.35. The van der Waals surface area contributed by atoms with Gasteiger partial charge in [0.1, 0.15) is 0 Å². The van der Waals surface area contributed by atoms with Crippen molar-refractivity contribution in [2.24, 2.45) is 5.73 Å². The van der Waals surface area contributed by atoms with Crippen LogP contribution in [-0.4, -0.2) is 54.5 Å². The molecule has 0 aliphatic carbocycles. The Bertz CT molecular complexity index is 201. The number of aliphatic hydroxyl groups is 1. The largest absolute Gasteiger partial charge is 0.389 e. The molecule has 1 fully saturated rings. The molecule has 0 aromatic heterocycles. The van der Waals surface area contributed by atoms with Crippen LogP contribution in [0.3, 0.4) is 0 Å². The number of hydrogen-bond acceptors (Lipinski definition) is 4. The number of likely N-dealkylation sites (tertiary alicyclic amines) is 1. The van der Waals surface area contributed by atoms with Gasteiger partial charge in [0.2, 0.25) is 0 Å². The Labute approximate surface area is 98.8 Å². The van der Waals surface area contributed by atoms with Gasteiger partial charge in [-0.15, -0.1) is 0 Å². The molecule has 1 rings (SSSR count). The molecule has 0 bridgehead atoms. The van der Waals surface area contributed by atoms with E-state index in [-0.39, 0.29) is 0 Å². The molecule has 1 heterocycles. The average Bonchev–Trinajstić information content (AvgIpc) is 2.28. The summed E-state index contributed by atoms with van der Waals surface area (Å²) >= 11 is 0. The normalized spacial score (nSPS) is 25.3. The van der Waals surface area contributed by atoms with Crippen LogP contribution >= 0.6 is 0 Å². The molecule has 0 saturated carbocycles. The van der Waals surface area contributed by atoms with Crippen molar-refractivity contribution < 1.29 is 9.84 Å². The molecule has 1 saturated heterocycles. The van der Waals surface area contributed by atoms with Crippen molar-refractivity contribution in [3.05, 3.63) is 0 Å². The zero-order valence-corrected chi connectivity index (χ0v) is 10.8. The van der Waals surface area contributed by atoms with Gasteiger partial charge in [0.05, 0.1) is 11.7 Å². The SMILES string of the molecule is COC1CCN(C(C)CC(C)(O)CN)CC1. The first kappa shape index (κ1) is 13.9. The van der Waals surface area contributed by atoms with Gasteiger partial charge < -0.3 is 20.5 Å². The minimum absolute atomic E-state index is 0.325. The van der Waals surface area contributed by atoms with E-state index in [1.54, 1.807) is 7.11 Å². The minimum atomic E-state index is -0.739. The van der Waals surface area contributed by atoms with Gasteiger partial charge >= 0.3 is 0 Å². The van der Waals surface area contributed by atoms with Crippen molar-refractivity contribution in [2.45, 2.75) is 50.9 Å². The average molecular weight is 230 g/mol. The van der Waals surface area contributed by atoms with E-state index in [0.717, 1.165) is 32.4 Å². The zero-order chi connectivity index (χ0) is 12.2. The zero-order valence-electron chi connectivity index (χ0n) is 10.8. The van der Waals surface area contributed by atoms with E-state index in [9.17, 15) is 5.11 Å². The van der Waals surface area contributed by atoms with Crippen LogP contribution in [0.5, 0.6) is 0 Å². The van der Waals surface area contributed by atoms with Gasteiger partial charge in [-0.25, -0.2) is 0 Å². The summed E-state index contributed by atoms with van der Waals surface area (Å²) in [6.45, 7) is 6.41. The maximum absolute atomic E-state index is 9.95. The molecule has 4 nitrogen and oxygen atoms in total. The summed E-state index contributed by atoms with van der Waals surface area (Å²) in [4.78, 5) is 2.42. The fourth-order valence-electron chi connectivity index (χ4n) is 2.40. The fraction of sp³-hybridized carbons (Fsp3) is 1.00. The quantitative estimate of drug-likeness (QED) is 0.725. The topological polar surface area (TPSA) is 58.7 Å². The summed E-state index contributed by atoms with van der Waals surface area (Å²) in [5.74, 6) is 0. The van der Waals surface area contributed by atoms with Crippen molar-refractivity contribution in [2.75, 3.05) is 26.7 Å². The predicted octanol–water partition coefficient (Wildman–Crippen LogP) is 0.586. The van der Waals surface area contributed by atoms with Crippen LogP contribution in [0.2, 0.25) is 0 Å². The van der Waals surface area contributed by atoms with E-state index >= 15 is 0 Å². The molecule has 2 atom stereocenters. The molecule has 0 amide bonds. The first-order valence-electron chi connectivity index (χ1n) is 6.18. The van der Waals surface area contributed by atoms with Crippen LogP contribution in [0.1, 0.15) is 33.1 Å². The van der Waals surface area contributed by atoms with Gasteiger partial charge in [-0.2, -0.15) is 0 Å². The fourth-order valence-corrected chi connectivity index (χ4v) is 2.40. The van der Waals surface area contributed by atoms with Crippen molar-refractivity contribution in [1.29, 1.82) is 0 Å². The third-order valence-corrected chi connectivity index (χ3v) is 3.61. The molecule has 0 spiro atoms. The Morgan fingerprint density at radius 1 is 1.50 bits per heavy atom. The Balaban J connectivity index is 2.36. The van der Waals surface area contributed by atoms with E-state index in [4.69, 9.17) is 10.5 Å². The van der Waals surface area contributed by atoms with Gasteiger partial charge in [-0.3, -0.25) is 0 Å². The number of rotatable bonds is 5. The molecule has 2 unspecified atom stereocenters. The second-order valence-electron chi connectivity index (χ2n) is 5.23. The highest BCUT2D eigenvalue weighted by molar-refractivity contribution is 4.83. The van der Waals surface area contributed by atoms with Crippen molar-refractivity contribution in [3.63, 3.8) is 0 Å². The number of nitrogens with two attached hydrogens (primary N) is 1. The predicted molar refractivity (Wildman–Crippen MR) is 65.4 cm³/mol. The van der Waals surface area contributed by atoms with E-state index in [2.05, 4.69) is 11.8 Å². The second kappa shape index (κ2) is 5.96. The number of methoxy groups -OCH3 is 1. The van der Waals surface area contributed by atoms with Gasteiger partial charge in [0, 0.05) is 32.8 Å². The third-order valence-electron chi connectivity index (χ3n) is 3.61. The Morgan fingerprint density at radius 3 is 2.50 bits per heavy atom. The van der Waals surface area contributed by atoms with Gasteiger partial charge in [-0.05, 0) is 33.1 Å². The highest BCUT2D eigenvalue weighted by atomic mass is 16.5. The van der Waals surface area contributed by atoms with Gasteiger partial charge in [-0.1, -0.05) is 0 Å². The molecule has 1 aliphatic rings. The molecule has 4 heteroatoms. The number of hydrogen-bond donors (Lipinski definition) is 2. The van der Waals surface area contributed by atoms with Crippen LogP contribution in [-0.2, 0) is 4.74 Å². The molecule has 0 aromatic rings. The summed E-state index contributed by atoms with van der Waals surface area (Å²) in [5.41, 5.74) is 4.80. The first-order chi connectivity index (χ1) is 7.48. The Hall–Kier alpha value is -0.160. The highest BCUT2D eigenvalue weighted by Crippen LogP contribution is 2.20. The van der Waals surface area contributed by atoms with Crippen molar-refractivity contribution in [3.8, 4) is 0 Å². The molecular weight excluding hydrogens is 204 g/mol. The molecule has 0 radical (unpaired) electrons. The summed E-state index contributed by atoms with van der Waals surface area (Å²) in [5, 5.41) is 9.95. The maximum atomic E-state index is 9.95. The van der Waals surface area contributed by atoms with E-state index in [1.165, 1.54) is 0 Å². The van der Waals surface area contributed by atoms with Crippen LogP contribution in [0.4, 0.5) is 0 Å².